The van der Waals surface area contributed by atoms with Gasteiger partial charge in [0.15, 0.2) is 0 Å². The van der Waals surface area contributed by atoms with E-state index in [1.54, 1.807) is 11.7 Å². The molecule has 0 aromatic carbocycles. The number of nitrogens with one attached hydrogen (secondary N) is 1. The molecule has 0 saturated heterocycles. The lowest BCUT2D eigenvalue weighted by atomic mass is 10.2. The first-order valence-electron chi connectivity index (χ1n) is 5.95. The van der Waals surface area contributed by atoms with Crippen LogP contribution in [0.5, 0.6) is 0 Å². The zero-order valence-corrected chi connectivity index (χ0v) is 10.9. The third kappa shape index (κ3) is 3.17. The van der Waals surface area contributed by atoms with Gasteiger partial charge in [-0.05, 0) is 19.1 Å². The van der Waals surface area contributed by atoms with Crippen LogP contribution in [0.3, 0.4) is 0 Å². The summed E-state index contributed by atoms with van der Waals surface area (Å²) in [6, 6.07) is 5.82. The number of carboxylic acid groups (broad SMARTS) is 1. The number of aryl methyl sites for hydroxylation is 2. The van der Waals surface area contributed by atoms with Crippen molar-refractivity contribution in [2.24, 2.45) is 7.05 Å². The summed E-state index contributed by atoms with van der Waals surface area (Å²) in [5, 5.41) is 16.2. The largest absolute Gasteiger partial charge is 0.478 e. The Kier molecular flexibility index (Phi) is 3.91. The van der Waals surface area contributed by atoms with E-state index in [0.29, 0.717) is 18.8 Å². The van der Waals surface area contributed by atoms with Gasteiger partial charge in [-0.25, -0.2) is 4.79 Å². The van der Waals surface area contributed by atoms with Crippen LogP contribution in [0.1, 0.15) is 27.4 Å². The predicted octanol–water partition coefficient (Wildman–Crippen LogP) is 1.11. The van der Waals surface area contributed by atoms with Gasteiger partial charge in [0.2, 0.25) is 0 Å². The maximum Gasteiger partial charge on any atom is 0.339 e. The first-order chi connectivity index (χ1) is 9.08. The molecule has 0 bridgehead atoms. The van der Waals surface area contributed by atoms with Gasteiger partial charge in [-0.15, -0.1) is 0 Å². The predicted molar refractivity (Wildman–Crippen MR) is 69.7 cm³/mol. The molecular weight excluding hydrogens is 244 g/mol. The minimum Gasteiger partial charge on any atom is -0.478 e. The molecule has 100 valence electrons. The lowest BCUT2D eigenvalue weighted by molar-refractivity contribution is 0.0695. The number of pyridine rings is 1. The third-order valence-electron chi connectivity index (χ3n) is 2.84. The van der Waals surface area contributed by atoms with Crippen molar-refractivity contribution in [1.29, 1.82) is 0 Å². The van der Waals surface area contributed by atoms with Crippen molar-refractivity contribution >= 4 is 5.97 Å². The van der Waals surface area contributed by atoms with E-state index in [4.69, 9.17) is 5.11 Å². The van der Waals surface area contributed by atoms with Crippen molar-refractivity contribution < 1.29 is 9.90 Å². The first-order valence-corrected chi connectivity index (χ1v) is 5.95. The van der Waals surface area contributed by atoms with Gasteiger partial charge in [0.05, 0.1) is 17.6 Å². The molecule has 0 aliphatic heterocycles. The van der Waals surface area contributed by atoms with Crippen LogP contribution in [0.2, 0.25) is 0 Å². The third-order valence-corrected chi connectivity index (χ3v) is 2.84. The highest BCUT2D eigenvalue weighted by molar-refractivity contribution is 5.88. The van der Waals surface area contributed by atoms with Gasteiger partial charge >= 0.3 is 5.97 Å². The minimum atomic E-state index is -0.960. The molecule has 2 aromatic heterocycles. The molecule has 2 aromatic rings. The fourth-order valence-electron chi connectivity index (χ4n) is 1.86. The highest BCUT2D eigenvalue weighted by Gasteiger charge is 2.14. The summed E-state index contributed by atoms with van der Waals surface area (Å²) in [7, 11) is 1.73. The molecule has 6 nitrogen and oxygen atoms in total. The molecule has 0 atom stereocenters. The molecule has 0 radical (unpaired) electrons. The SMILES string of the molecule is Cc1cccc(CNCc2c(C(=O)O)cnn2C)n1. The Labute approximate surface area is 111 Å². The van der Waals surface area contributed by atoms with Crippen molar-refractivity contribution in [1.82, 2.24) is 20.1 Å². The molecule has 2 N–H and O–H groups in total. The van der Waals surface area contributed by atoms with Gasteiger partial charge in [0, 0.05) is 25.8 Å². The quantitative estimate of drug-likeness (QED) is 0.841. The average molecular weight is 260 g/mol. The summed E-state index contributed by atoms with van der Waals surface area (Å²) < 4.78 is 1.57. The second-order valence-electron chi connectivity index (χ2n) is 4.31. The highest BCUT2D eigenvalue weighted by atomic mass is 16.4. The molecule has 0 spiro atoms. The van der Waals surface area contributed by atoms with Gasteiger partial charge in [-0.3, -0.25) is 9.67 Å². The average Bonchev–Trinajstić information content (AvgIpc) is 2.71. The van der Waals surface area contributed by atoms with E-state index in [9.17, 15) is 4.79 Å². The van der Waals surface area contributed by atoms with E-state index in [1.807, 2.05) is 25.1 Å². The number of carbonyl (C=O) groups is 1. The number of aromatic nitrogens is 3. The van der Waals surface area contributed by atoms with Crippen LogP contribution in [0.25, 0.3) is 0 Å². The van der Waals surface area contributed by atoms with Crippen LogP contribution in [-0.2, 0) is 20.1 Å². The second-order valence-corrected chi connectivity index (χ2v) is 4.31. The van der Waals surface area contributed by atoms with Crippen LogP contribution in [0.4, 0.5) is 0 Å². The number of carboxylic acids is 1. The highest BCUT2D eigenvalue weighted by Crippen LogP contribution is 2.07. The molecule has 19 heavy (non-hydrogen) atoms. The monoisotopic (exact) mass is 260 g/mol. The number of hydrogen-bond donors (Lipinski definition) is 2. The molecule has 6 heteroatoms. The minimum absolute atomic E-state index is 0.229. The number of nitrogens with zero attached hydrogens (tertiary/aromatic N) is 3. The van der Waals surface area contributed by atoms with E-state index in [0.717, 1.165) is 11.4 Å². The Morgan fingerprint density at radius 2 is 2.21 bits per heavy atom. The van der Waals surface area contributed by atoms with Crippen LogP contribution in [-0.4, -0.2) is 25.8 Å². The fraction of sp³-hybridized carbons (Fsp3) is 0.308. The zero-order valence-electron chi connectivity index (χ0n) is 10.9. The normalized spacial score (nSPS) is 10.6. The van der Waals surface area contributed by atoms with Crippen LogP contribution < -0.4 is 5.32 Å². The van der Waals surface area contributed by atoms with Crippen molar-refractivity contribution in [2.45, 2.75) is 20.0 Å². The summed E-state index contributed by atoms with van der Waals surface area (Å²) in [5.41, 5.74) is 2.78. The number of aromatic carboxylic acids is 1. The lowest BCUT2D eigenvalue weighted by Gasteiger charge is -2.06. The Balaban J connectivity index is 2.00. The Morgan fingerprint density at radius 1 is 1.42 bits per heavy atom. The smallest absolute Gasteiger partial charge is 0.339 e. The molecule has 0 saturated carbocycles. The summed E-state index contributed by atoms with van der Waals surface area (Å²) in [6.07, 6.45) is 1.37. The topological polar surface area (TPSA) is 80.0 Å². The van der Waals surface area contributed by atoms with Gasteiger partial charge in [-0.2, -0.15) is 5.10 Å². The fourth-order valence-corrected chi connectivity index (χ4v) is 1.86. The number of hydrogen-bond acceptors (Lipinski definition) is 4. The van der Waals surface area contributed by atoms with Gasteiger partial charge in [-0.1, -0.05) is 6.07 Å². The van der Waals surface area contributed by atoms with E-state index in [2.05, 4.69) is 15.4 Å². The molecule has 0 amide bonds. The zero-order chi connectivity index (χ0) is 13.8. The maximum absolute atomic E-state index is 11.0. The van der Waals surface area contributed by atoms with Crippen molar-refractivity contribution in [2.75, 3.05) is 0 Å². The van der Waals surface area contributed by atoms with Crippen molar-refractivity contribution in [3.8, 4) is 0 Å². The van der Waals surface area contributed by atoms with E-state index >= 15 is 0 Å². The molecule has 0 unspecified atom stereocenters. The summed E-state index contributed by atoms with van der Waals surface area (Å²) in [5.74, 6) is -0.960. The van der Waals surface area contributed by atoms with Crippen LogP contribution in [0.15, 0.2) is 24.4 Å². The van der Waals surface area contributed by atoms with Gasteiger partial charge < -0.3 is 10.4 Å². The Bertz CT molecular complexity index is 592. The lowest BCUT2D eigenvalue weighted by Crippen LogP contribution is -2.18. The van der Waals surface area contributed by atoms with Gasteiger partial charge in [0.1, 0.15) is 5.56 Å². The number of rotatable bonds is 5. The van der Waals surface area contributed by atoms with Gasteiger partial charge in [0.25, 0.3) is 0 Å². The van der Waals surface area contributed by atoms with Crippen LogP contribution in [0, 0.1) is 6.92 Å². The van der Waals surface area contributed by atoms with Crippen molar-refractivity contribution in [3.63, 3.8) is 0 Å². The molecule has 0 aliphatic carbocycles. The maximum atomic E-state index is 11.0. The Morgan fingerprint density at radius 3 is 2.89 bits per heavy atom. The van der Waals surface area contributed by atoms with Crippen LogP contribution >= 0.6 is 0 Å². The van der Waals surface area contributed by atoms with E-state index in [1.165, 1.54) is 6.20 Å². The second kappa shape index (κ2) is 5.62. The molecule has 0 fully saturated rings. The summed E-state index contributed by atoms with van der Waals surface area (Å²) >= 11 is 0. The molecular formula is C13H16N4O2. The van der Waals surface area contributed by atoms with E-state index in [-0.39, 0.29) is 5.56 Å². The summed E-state index contributed by atoms with van der Waals surface area (Å²) in [6.45, 7) is 2.97. The molecule has 0 aliphatic rings. The Hall–Kier alpha value is -2.21. The first kappa shape index (κ1) is 13.2. The summed E-state index contributed by atoms with van der Waals surface area (Å²) in [4.78, 5) is 15.4. The van der Waals surface area contributed by atoms with E-state index < -0.39 is 5.97 Å². The standard InChI is InChI=1S/C13H16N4O2/c1-9-4-3-5-10(16-9)6-14-8-12-11(13(18)19)7-15-17(12)2/h3-5,7,14H,6,8H2,1-2H3,(H,18,19). The molecule has 2 rings (SSSR count). The van der Waals surface area contributed by atoms with Crippen molar-refractivity contribution in [3.05, 3.63) is 47.0 Å². The molecule has 2 heterocycles.